The van der Waals surface area contributed by atoms with Crippen molar-refractivity contribution in [3.8, 4) is 0 Å². The van der Waals surface area contributed by atoms with Crippen LogP contribution < -0.4 is 0 Å². The minimum atomic E-state index is -0.425. The van der Waals surface area contributed by atoms with E-state index in [-0.39, 0.29) is 0 Å². The number of carbonyl (C=O) groups excluding carboxylic acids is 1. The quantitative estimate of drug-likeness (QED) is 0.611. The summed E-state index contributed by atoms with van der Waals surface area (Å²) in [6.07, 6.45) is 3.40. The zero-order chi connectivity index (χ0) is 9.26. The van der Waals surface area contributed by atoms with E-state index in [4.69, 9.17) is 0 Å². The number of nitrogens with zero attached hydrogens (tertiary/aromatic N) is 2. The second-order valence-corrected chi connectivity index (χ2v) is 2.57. The van der Waals surface area contributed by atoms with Crippen molar-refractivity contribution in [2.45, 2.75) is 0 Å². The standard InChI is InChI=1S/C9H8N2O2/c1-13-9(12)8-10-6-7-4-2-3-5-11(7)8/h2-6H,1H3. The summed E-state index contributed by atoms with van der Waals surface area (Å²) in [5.41, 5.74) is 0.878. The second kappa shape index (κ2) is 2.90. The largest absolute Gasteiger partial charge is 0.463 e. The number of rotatable bonds is 1. The molecule has 0 aromatic carbocycles. The Morgan fingerprint density at radius 1 is 1.54 bits per heavy atom. The first-order valence-electron chi connectivity index (χ1n) is 3.83. The molecule has 13 heavy (non-hydrogen) atoms. The molecule has 0 bridgehead atoms. The number of pyridine rings is 1. The van der Waals surface area contributed by atoms with Gasteiger partial charge in [0.05, 0.1) is 18.8 Å². The topological polar surface area (TPSA) is 43.6 Å². The Morgan fingerprint density at radius 3 is 3.15 bits per heavy atom. The molecule has 0 N–H and O–H groups in total. The Morgan fingerprint density at radius 2 is 2.38 bits per heavy atom. The molecule has 0 aliphatic carbocycles. The average Bonchev–Trinajstić information content (AvgIpc) is 2.60. The number of aromatic nitrogens is 2. The highest BCUT2D eigenvalue weighted by Gasteiger charge is 2.11. The molecule has 0 fully saturated rings. The van der Waals surface area contributed by atoms with E-state index >= 15 is 0 Å². The first kappa shape index (κ1) is 7.79. The minimum absolute atomic E-state index is 0.304. The van der Waals surface area contributed by atoms with Crippen LogP contribution >= 0.6 is 0 Å². The molecular weight excluding hydrogens is 168 g/mol. The van der Waals surface area contributed by atoms with Gasteiger partial charge in [0, 0.05) is 6.20 Å². The van der Waals surface area contributed by atoms with E-state index < -0.39 is 5.97 Å². The maximum absolute atomic E-state index is 11.2. The van der Waals surface area contributed by atoms with E-state index in [0.29, 0.717) is 5.82 Å². The summed E-state index contributed by atoms with van der Waals surface area (Å²) in [6, 6.07) is 5.60. The van der Waals surface area contributed by atoms with Crippen LogP contribution in [0, 0.1) is 0 Å². The van der Waals surface area contributed by atoms with Crippen LogP contribution in [-0.4, -0.2) is 22.5 Å². The Labute approximate surface area is 74.8 Å². The number of carbonyl (C=O) groups is 1. The highest BCUT2D eigenvalue weighted by Crippen LogP contribution is 2.06. The number of ether oxygens (including phenoxy) is 1. The Bertz CT molecular complexity index is 448. The summed E-state index contributed by atoms with van der Waals surface area (Å²) < 4.78 is 6.27. The van der Waals surface area contributed by atoms with Crippen LogP contribution in [0.5, 0.6) is 0 Å². The zero-order valence-corrected chi connectivity index (χ0v) is 7.10. The molecule has 0 saturated heterocycles. The van der Waals surface area contributed by atoms with Crippen molar-refractivity contribution in [3.05, 3.63) is 36.4 Å². The third-order valence-corrected chi connectivity index (χ3v) is 1.81. The van der Waals surface area contributed by atoms with Gasteiger partial charge in [-0.2, -0.15) is 0 Å². The normalized spacial score (nSPS) is 10.2. The Balaban J connectivity index is 2.64. The van der Waals surface area contributed by atoms with Gasteiger partial charge in [0.1, 0.15) is 0 Å². The molecule has 2 aromatic rings. The molecule has 4 heteroatoms. The molecule has 0 amide bonds. The molecule has 4 nitrogen and oxygen atoms in total. The van der Waals surface area contributed by atoms with E-state index in [2.05, 4.69) is 9.72 Å². The summed E-state index contributed by atoms with van der Waals surface area (Å²) >= 11 is 0. The van der Waals surface area contributed by atoms with Gasteiger partial charge in [0.25, 0.3) is 0 Å². The van der Waals surface area contributed by atoms with Crippen molar-refractivity contribution in [1.82, 2.24) is 9.38 Å². The molecule has 66 valence electrons. The average molecular weight is 176 g/mol. The van der Waals surface area contributed by atoms with Crippen LogP contribution in [0.25, 0.3) is 5.52 Å². The summed E-state index contributed by atoms with van der Waals surface area (Å²) in [5.74, 6) is -0.121. The number of imidazole rings is 1. The van der Waals surface area contributed by atoms with Gasteiger partial charge in [0.2, 0.25) is 5.82 Å². The van der Waals surface area contributed by atoms with Gasteiger partial charge in [-0.25, -0.2) is 9.78 Å². The summed E-state index contributed by atoms with van der Waals surface area (Å²) in [4.78, 5) is 15.1. The molecule has 0 aliphatic rings. The lowest BCUT2D eigenvalue weighted by atomic mass is 10.4. The van der Waals surface area contributed by atoms with Crippen LogP contribution in [-0.2, 0) is 4.74 Å². The monoisotopic (exact) mass is 176 g/mol. The number of hydrogen-bond donors (Lipinski definition) is 0. The third-order valence-electron chi connectivity index (χ3n) is 1.81. The van der Waals surface area contributed by atoms with E-state index in [0.717, 1.165) is 5.52 Å². The molecule has 0 saturated carbocycles. The molecular formula is C9H8N2O2. The number of esters is 1. The maximum atomic E-state index is 11.2. The molecule has 0 spiro atoms. The first-order chi connectivity index (χ1) is 6.33. The predicted molar refractivity (Wildman–Crippen MR) is 46.5 cm³/mol. The Hall–Kier alpha value is -1.84. The maximum Gasteiger partial charge on any atom is 0.374 e. The molecule has 2 aromatic heterocycles. The molecule has 0 unspecified atom stereocenters. The smallest absolute Gasteiger partial charge is 0.374 e. The van der Waals surface area contributed by atoms with Crippen LogP contribution in [0.4, 0.5) is 0 Å². The molecule has 0 aliphatic heterocycles. The van der Waals surface area contributed by atoms with E-state index in [1.54, 1.807) is 16.8 Å². The third kappa shape index (κ3) is 1.16. The number of hydrogen-bond acceptors (Lipinski definition) is 3. The molecule has 2 heterocycles. The highest BCUT2D eigenvalue weighted by atomic mass is 16.5. The Kier molecular flexibility index (Phi) is 1.73. The second-order valence-electron chi connectivity index (χ2n) is 2.57. The fourth-order valence-corrected chi connectivity index (χ4v) is 1.19. The lowest BCUT2D eigenvalue weighted by molar-refractivity contribution is 0.0586. The minimum Gasteiger partial charge on any atom is -0.463 e. The van der Waals surface area contributed by atoms with E-state index in [9.17, 15) is 4.79 Å². The number of fused-ring (bicyclic) bond motifs is 1. The SMILES string of the molecule is COC(=O)c1ncc2ccccn12. The van der Waals surface area contributed by atoms with Crippen molar-refractivity contribution < 1.29 is 9.53 Å². The van der Waals surface area contributed by atoms with Crippen LogP contribution in [0.15, 0.2) is 30.6 Å². The number of methoxy groups -OCH3 is 1. The first-order valence-corrected chi connectivity index (χ1v) is 3.83. The lowest BCUT2D eigenvalue weighted by Crippen LogP contribution is -2.06. The lowest BCUT2D eigenvalue weighted by Gasteiger charge is -1.97. The van der Waals surface area contributed by atoms with Crippen LogP contribution in [0.2, 0.25) is 0 Å². The van der Waals surface area contributed by atoms with Crippen molar-refractivity contribution in [3.63, 3.8) is 0 Å². The van der Waals surface area contributed by atoms with Gasteiger partial charge >= 0.3 is 5.97 Å². The van der Waals surface area contributed by atoms with Gasteiger partial charge in [-0.3, -0.25) is 4.40 Å². The predicted octanol–water partition coefficient (Wildman–Crippen LogP) is 1.12. The molecule has 0 atom stereocenters. The van der Waals surface area contributed by atoms with E-state index in [1.165, 1.54) is 7.11 Å². The fraction of sp³-hybridized carbons (Fsp3) is 0.111. The van der Waals surface area contributed by atoms with Gasteiger partial charge in [-0.1, -0.05) is 6.07 Å². The van der Waals surface area contributed by atoms with Gasteiger partial charge in [0.15, 0.2) is 0 Å². The van der Waals surface area contributed by atoms with Gasteiger partial charge in [-0.15, -0.1) is 0 Å². The van der Waals surface area contributed by atoms with Gasteiger partial charge in [-0.05, 0) is 12.1 Å². The summed E-state index contributed by atoms with van der Waals surface area (Å²) in [5, 5.41) is 0. The highest BCUT2D eigenvalue weighted by molar-refractivity contribution is 5.86. The van der Waals surface area contributed by atoms with E-state index in [1.807, 2.05) is 18.2 Å². The summed E-state index contributed by atoms with van der Waals surface area (Å²) in [7, 11) is 1.34. The van der Waals surface area contributed by atoms with Crippen molar-refractivity contribution >= 4 is 11.5 Å². The molecule has 2 rings (SSSR count). The van der Waals surface area contributed by atoms with Crippen LogP contribution in [0.1, 0.15) is 10.6 Å². The fourth-order valence-electron chi connectivity index (χ4n) is 1.19. The zero-order valence-electron chi connectivity index (χ0n) is 7.10. The van der Waals surface area contributed by atoms with Crippen molar-refractivity contribution in [2.24, 2.45) is 0 Å². The van der Waals surface area contributed by atoms with Crippen molar-refractivity contribution in [1.29, 1.82) is 0 Å². The van der Waals surface area contributed by atoms with Crippen LogP contribution in [0.3, 0.4) is 0 Å². The summed E-state index contributed by atoms with van der Waals surface area (Å²) in [6.45, 7) is 0. The molecule has 0 radical (unpaired) electrons. The van der Waals surface area contributed by atoms with Crippen molar-refractivity contribution in [2.75, 3.05) is 7.11 Å². The van der Waals surface area contributed by atoms with Gasteiger partial charge < -0.3 is 4.74 Å².